The monoisotopic (exact) mass is 263 g/mol. The van der Waals surface area contributed by atoms with E-state index in [1.54, 1.807) is 0 Å². The Balaban J connectivity index is 1.90. The van der Waals surface area contributed by atoms with Gasteiger partial charge in [-0.3, -0.25) is 0 Å². The second kappa shape index (κ2) is 6.70. The van der Waals surface area contributed by atoms with Gasteiger partial charge in [0.05, 0.1) is 0 Å². The molecule has 1 aromatic heterocycles. The molecule has 1 heterocycles. The summed E-state index contributed by atoms with van der Waals surface area (Å²) < 4.78 is 0. The van der Waals surface area contributed by atoms with E-state index in [0.29, 0.717) is 11.9 Å². The van der Waals surface area contributed by atoms with Gasteiger partial charge in [-0.05, 0) is 38.5 Å². The van der Waals surface area contributed by atoms with E-state index < -0.39 is 0 Å². The SMILES string of the molecule is CCCC1CCC(Nc2cc(NN)nc(C)n2)CC1. The van der Waals surface area contributed by atoms with Gasteiger partial charge in [0.25, 0.3) is 0 Å². The minimum atomic E-state index is 0.535. The van der Waals surface area contributed by atoms with Crippen LogP contribution in [0.15, 0.2) is 6.07 Å². The van der Waals surface area contributed by atoms with Crippen LogP contribution in [0.1, 0.15) is 51.3 Å². The summed E-state index contributed by atoms with van der Waals surface area (Å²) >= 11 is 0. The molecule has 0 bridgehead atoms. The van der Waals surface area contributed by atoms with E-state index in [2.05, 4.69) is 27.6 Å². The molecular weight excluding hydrogens is 238 g/mol. The molecule has 0 atom stereocenters. The van der Waals surface area contributed by atoms with E-state index >= 15 is 0 Å². The average Bonchev–Trinajstić information content (AvgIpc) is 2.40. The van der Waals surface area contributed by atoms with Crippen molar-refractivity contribution < 1.29 is 0 Å². The number of hydrogen-bond donors (Lipinski definition) is 3. The van der Waals surface area contributed by atoms with Crippen molar-refractivity contribution in [3.05, 3.63) is 11.9 Å². The van der Waals surface area contributed by atoms with Crippen molar-refractivity contribution in [2.75, 3.05) is 10.7 Å². The number of nitrogens with one attached hydrogen (secondary N) is 2. The molecule has 1 fully saturated rings. The van der Waals surface area contributed by atoms with Crippen molar-refractivity contribution in [2.45, 2.75) is 58.4 Å². The molecule has 19 heavy (non-hydrogen) atoms. The smallest absolute Gasteiger partial charge is 0.145 e. The zero-order valence-corrected chi connectivity index (χ0v) is 11.9. The van der Waals surface area contributed by atoms with Gasteiger partial charge >= 0.3 is 0 Å². The fourth-order valence-electron chi connectivity index (χ4n) is 2.93. The second-order valence-electron chi connectivity index (χ2n) is 5.48. The lowest BCUT2D eigenvalue weighted by Gasteiger charge is -2.29. The van der Waals surface area contributed by atoms with Gasteiger partial charge < -0.3 is 10.7 Å². The topological polar surface area (TPSA) is 75.9 Å². The molecule has 0 aromatic carbocycles. The van der Waals surface area contributed by atoms with Crippen LogP contribution in [-0.4, -0.2) is 16.0 Å². The van der Waals surface area contributed by atoms with Crippen LogP contribution in [0, 0.1) is 12.8 Å². The molecule has 2 rings (SSSR count). The Hall–Kier alpha value is -1.36. The first-order valence-corrected chi connectivity index (χ1v) is 7.30. The van der Waals surface area contributed by atoms with Crippen molar-refractivity contribution in [1.82, 2.24) is 9.97 Å². The number of nitrogens with zero attached hydrogens (tertiary/aromatic N) is 2. The van der Waals surface area contributed by atoms with Crippen LogP contribution in [0.3, 0.4) is 0 Å². The second-order valence-corrected chi connectivity index (χ2v) is 5.48. The van der Waals surface area contributed by atoms with Crippen molar-refractivity contribution in [1.29, 1.82) is 0 Å². The van der Waals surface area contributed by atoms with E-state index in [-0.39, 0.29) is 0 Å². The van der Waals surface area contributed by atoms with Gasteiger partial charge in [-0.1, -0.05) is 19.8 Å². The van der Waals surface area contributed by atoms with Gasteiger partial charge in [-0.15, -0.1) is 0 Å². The van der Waals surface area contributed by atoms with Crippen LogP contribution in [0.25, 0.3) is 0 Å². The number of nitrogens with two attached hydrogens (primary N) is 1. The van der Waals surface area contributed by atoms with Crippen LogP contribution >= 0.6 is 0 Å². The van der Waals surface area contributed by atoms with E-state index in [1.807, 2.05) is 13.0 Å². The van der Waals surface area contributed by atoms with Crippen molar-refractivity contribution in [3.8, 4) is 0 Å². The summed E-state index contributed by atoms with van der Waals surface area (Å²) in [7, 11) is 0. The molecule has 0 spiro atoms. The minimum Gasteiger partial charge on any atom is -0.367 e. The highest BCUT2D eigenvalue weighted by atomic mass is 15.3. The highest BCUT2D eigenvalue weighted by Gasteiger charge is 2.20. The average molecular weight is 263 g/mol. The number of anilines is 2. The summed E-state index contributed by atoms with van der Waals surface area (Å²) in [6.07, 6.45) is 7.81. The Morgan fingerprint density at radius 3 is 2.53 bits per heavy atom. The summed E-state index contributed by atoms with van der Waals surface area (Å²) in [6.45, 7) is 4.15. The van der Waals surface area contributed by atoms with Crippen molar-refractivity contribution in [3.63, 3.8) is 0 Å². The molecule has 0 saturated heterocycles. The van der Waals surface area contributed by atoms with Crippen LogP contribution < -0.4 is 16.6 Å². The Morgan fingerprint density at radius 2 is 1.89 bits per heavy atom. The third-order valence-electron chi connectivity index (χ3n) is 3.88. The molecule has 0 radical (unpaired) electrons. The molecule has 0 unspecified atom stereocenters. The molecule has 0 aliphatic heterocycles. The molecule has 1 aliphatic rings. The quantitative estimate of drug-likeness (QED) is 0.562. The molecule has 106 valence electrons. The minimum absolute atomic E-state index is 0.535. The Labute approximate surface area is 115 Å². The molecule has 1 aliphatic carbocycles. The molecule has 1 aromatic rings. The lowest BCUT2D eigenvalue weighted by molar-refractivity contribution is 0.318. The Kier molecular flexibility index (Phi) is 4.96. The maximum atomic E-state index is 5.40. The largest absolute Gasteiger partial charge is 0.367 e. The third kappa shape index (κ3) is 4.06. The zero-order chi connectivity index (χ0) is 13.7. The summed E-state index contributed by atoms with van der Waals surface area (Å²) in [5.74, 6) is 8.60. The van der Waals surface area contributed by atoms with Gasteiger partial charge in [-0.25, -0.2) is 15.8 Å². The van der Waals surface area contributed by atoms with Crippen LogP contribution in [0.5, 0.6) is 0 Å². The summed E-state index contributed by atoms with van der Waals surface area (Å²) in [5.41, 5.74) is 2.58. The first-order chi connectivity index (χ1) is 9.21. The van der Waals surface area contributed by atoms with Gasteiger partial charge in [0.2, 0.25) is 0 Å². The highest BCUT2D eigenvalue weighted by molar-refractivity contribution is 5.47. The molecule has 4 N–H and O–H groups in total. The van der Waals surface area contributed by atoms with Crippen molar-refractivity contribution >= 4 is 11.6 Å². The number of rotatable bonds is 5. The fraction of sp³-hybridized carbons (Fsp3) is 0.714. The maximum Gasteiger partial charge on any atom is 0.145 e. The van der Waals surface area contributed by atoms with Gasteiger partial charge in [0.15, 0.2) is 0 Å². The number of hydrogen-bond acceptors (Lipinski definition) is 5. The van der Waals surface area contributed by atoms with Crippen LogP contribution in [0.2, 0.25) is 0 Å². The predicted molar refractivity (Wildman–Crippen MR) is 78.9 cm³/mol. The Bertz CT molecular complexity index is 399. The highest BCUT2D eigenvalue weighted by Crippen LogP contribution is 2.29. The lowest BCUT2D eigenvalue weighted by Crippen LogP contribution is -2.26. The normalized spacial score (nSPS) is 23.1. The number of hydrazine groups is 1. The van der Waals surface area contributed by atoms with Gasteiger partial charge in [0, 0.05) is 12.1 Å². The standard InChI is InChI=1S/C14H25N5/c1-3-4-11-5-7-12(8-6-11)18-13-9-14(19-15)17-10(2)16-13/h9,11-12H,3-8,15H2,1-2H3,(H2,16,17,18,19). The van der Waals surface area contributed by atoms with Gasteiger partial charge in [-0.2, -0.15) is 0 Å². The summed E-state index contributed by atoms with van der Waals surface area (Å²) in [4.78, 5) is 8.61. The van der Waals surface area contributed by atoms with Crippen LogP contribution in [-0.2, 0) is 0 Å². The third-order valence-corrected chi connectivity index (χ3v) is 3.88. The number of aromatic nitrogens is 2. The summed E-state index contributed by atoms with van der Waals surface area (Å²) in [6, 6.07) is 2.40. The number of nitrogen functional groups attached to an aromatic ring is 1. The van der Waals surface area contributed by atoms with Crippen molar-refractivity contribution in [2.24, 2.45) is 11.8 Å². The Morgan fingerprint density at radius 1 is 1.21 bits per heavy atom. The van der Waals surface area contributed by atoms with Crippen LogP contribution in [0.4, 0.5) is 11.6 Å². The molecule has 5 nitrogen and oxygen atoms in total. The van der Waals surface area contributed by atoms with Gasteiger partial charge in [0.1, 0.15) is 17.5 Å². The maximum absolute atomic E-state index is 5.40. The zero-order valence-electron chi connectivity index (χ0n) is 11.9. The molecule has 0 amide bonds. The van der Waals surface area contributed by atoms with E-state index in [0.717, 1.165) is 17.6 Å². The first kappa shape index (κ1) is 14.1. The van der Waals surface area contributed by atoms with E-state index in [4.69, 9.17) is 5.84 Å². The fourth-order valence-corrected chi connectivity index (χ4v) is 2.93. The molecule has 1 saturated carbocycles. The lowest BCUT2D eigenvalue weighted by atomic mass is 9.83. The number of aryl methyl sites for hydroxylation is 1. The summed E-state index contributed by atoms with van der Waals surface area (Å²) in [5, 5.41) is 3.51. The predicted octanol–water partition coefficient (Wildman–Crippen LogP) is 2.84. The van der Waals surface area contributed by atoms with E-state index in [9.17, 15) is 0 Å². The van der Waals surface area contributed by atoms with E-state index in [1.165, 1.54) is 38.5 Å². The molecule has 5 heteroatoms. The first-order valence-electron chi connectivity index (χ1n) is 7.30. The molecular formula is C14H25N5.